The van der Waals surface area contributed by atoms with Crippen LogP contribution >= 0.6 is 11.6 Å². The summed E-state index contributed by atoms with van der Waals surface area (Å²) in [5.74, 6) is 0.948. The van der Waals surface area contributed by atoms with Gasteiger partial charge in [0.2, 0.25) is 5.91 Å². The van der Waals surface area contributed by atoms with Crippen molar-refractivity contribution >= 4 is 23.2 Å². The summed E-state index contributed by atoms with van der Waals surface area (Å²) >= 11 is 5.84. The molecule has 1 aliphatic heterocycles. The van der Waals surface area contributed by atoms with Gasteiger partial charge >= 0.3 is 0 Å². The maximum absolute atomic E-state index is 12.5. The SMILES string of the molecule is C[C@@H]1Cc2ccccc2N1C(=O)CCCOc1ccc(Cl)cc1. The molecule has 0 spiro atoms. The Kier molecular flexibility index (Phi) is 4.87. The minimum absolute atomic E-state index is 0.169. The van der Waals surface area contributed by atoms with Crippen LogP contribution in [0.15, 0.2) is 48.5 Å². The second-order valence-corrected chi connectivity index (χ2v) is 6.29. The minimum Gasteiger partial charge on any atom is -0.494 e. The van der Waals surface area contributed by atoms with E-state index in [0.717, 1.165) is 17.9 Å². The molecular formula is C19H20ClNO2. The number of fused-ring (bicyclic) bond motifs is 1. The molecule has 120 valence electrons. The van der Waals surface area contributed by atoms with E-state index in [2.05, 4.69) is 13.0 Å². The number of rotatable bonds is 5. The molecule has 2 aromatic rings. The molecule has 0 radical (unpaired) electrons. The second kappa shape index (κ2) is 7.05. The Hall–Kier alpha value is -2.00. The molecule has 0 fully saturated rings. The van der Waals surface area contributed by atoms with E-state index in [9.17, 15) is 4.79 Å². The highest BCUT2D eigenvalue weighted by molar-refractivity contribution is 6.30. The number of carbonyl (C=O) groups excluding carboxylic acids is 1. The Morgan fingerprint density at radius 2 is 1.96 bits per heavy atom. The van der Waals surface area contributed by atoms with E-state index in [0.29, 0.717) is 24.5 Å². The molecule has 0 saturated heterocycles. The number of carbonyl (C=O) groups is 1. The van der Waals surface area contributed by atoms with Crippen molar-refractivity contribution in [3.63, 3.8) is 0 Å². The molecule has 3 nitrogen and oxygen atoms in total. The number of amides is 1. The molecule has 4 heteroatoms. The lowest BCUT2D eigenvalue weighted by Gasteiger charge is -2.22. The molecule has 0 saturated carbocycles. The van der Waals surface area contributed by atoms with Crippen molar-refractivity contribution in [3.05, 3.63) is 59.1 Å². The Labute approximate surface area is 141 Å². The van der Waals surface area contributed by atoms with Crippen molar-refractivity contribution in [2.75, 3.05) is 11.5 Å². The maximum Gasteiger partial charge on any atom is 0.227 e. The third-order valence-corrected chi connectivity index (χ3v) is 4.35. The lowest BCUT2D eigenvalue weighted by atomic mass is 10.1. The zero-order valence-corrected chi connectivity index (χ0v) is 13.9. The van der Waals surface area contributed by atoms with Gasteiger partial charge < -0.3 is 9.64 Å². The fourth-order valence-corrected chi connectivity index (χ4v) is 3.14. The lowest BCUT2D eigenvalue weighted by molar-refractivity contribution is -0.119. The van der Waals surface area contributed by atoms with Gasteiger partial charge in [-0.15, -0.1) is 0 Å². The van der Waals surface area contributed by atoms with Crippen molar-refractivity contribution in [2.24, 2.45) is 0 Å². The number of nitrogens with zero attached hydrogens (tertiary/aromatic N) is 1. The molecule has 0 unspecified atom stereocenters. The van der Waals surface area contributed by atoms with E-state index in [1.54, 1.807) is 12.1 Å². The highest BCUT2D eigenvalue weighted by Crippen LogP contribution is 2.32. The number of halogens is 1. The van der Waals surface area contributed by atoms with E-state index in [4.69, 9.17) is 16.3 Å². The van der Waals surface area contributed by atoms with E-state index in [-0.39, 0.29) is 11.9 Å². The van der Waals surface area contributed by atoms with Crippen LogP contribution in [-0.2, 0) is 11.2 Å². The lowest BCUT2D eigenvalue weighted by Crippen LogP contribution is -2.35. The molecule has 1 atom stereocenters. The van der Waals surface area contributed by atoms with Gasteiger partial charge in [-0.2, -0.15) is 0 Å². The number of benzene rings is 2. The second-order valence-electron chi connectivity index (χ2n) is 5.85. The first-order valence-electron chi connectivity index (χ1n) is 7.93. The quantitative estimate of drug-likeness (QED) is 0.757. The van der Waals surface area contributed by atoms with Crippen molar-refractivity contribution in [1.29, 1.82) is 0 Å². The maximum atomic E-state index is 12.5. The summed E-state index contributed by atoms with van der Waals surface area (Å²) in [5, 5.41) is 0.689. The van der Waals surface area contributed by atoms with Gasteiger partial charge in [0.25, 0.3) is 0 Å². The summed E-state index contributed by atoms with van der Waals surface area (Å²) in [6.45, 7) is 2.62. The smallest absolute Gasteiger partial charge is 0.227 e. The molecule has 0 aromatic heterocycles. The number of para-hydroxylation sites is 1. The van der Waals surface area contributed by atoms with Gasteiger partial charge in [-0.3, -0.25) is 4.79 Å². The highest BCUT2D eigenvalue weighted by atomic mass is 35.5. The van der Waals surface area contributed by atoms with Crippen LogP contribution in [0.4, 0.5) is 5.69 Å². The number of hydrogen-bond acceptors (Lipinski definition) is 2. The molecule has 3 rings (SSSR count). The Balaban J connectivity index is 1.51. The van der Waals surface area contributed by atoms with Crippen molar-refractivity contribution in [3.8, 4) is 5.75 Å². The number of hydrogen-bond donors (Lipinski definition) is 0. The van der Waals surface area contributed by atoms with Crippen molar-refractivity contribution in [2.45, 2.75) is 32.2 Å². The largest absolute Gasteiger partial charge is 0.494 e. The van der Waals surface area contributed by atoms with Crippen LogP contribution in [0.25, 0.3) is 0 Å². The normalized spacial score (nSPS) is 16.3. The van der Waals surface area contributed by atoms with Crippen LogP contribution in [0.2, 0.25) is 5.02 Å². The molecule has 0 aliphatic carbocycles. The van der Waals surface area contributed by atoms with Gasteiger partial charge in [0.15, 0.2) is 0 Å². The fraction of sp³-hybridized carbons (Fsp3) is 0.316. The molecule has 1 amide bonds. The average molecular weight is 330 g/mol. The Morgan fingerprint density at radius 1 is 1.22 bits per heavy atom. The number of anilines is 1. The minimum atomic E-state index is 0.169. The topological polar surface area (TPSA) is 29.5 Å². The standard InChI is InChI=1S/C19H20ClNO2/c1-14-13-15-5-2-3-6-18(15)21(14)19(22)7-4-12-23-17-10-8-16(20)9-11-17/h2-3,5-6,8-11,14H,4,7,12-13H2,1H3/t14-/m1/s1. The van der Waals surface area contributed by atoms with E-state index >= 15 is 0 Å². The summed E-state index contributed by atoms with van der Waals surface area (Å²) in [7, 11) is 0. The summed E-state index contributed by atoms with van der Waals surface area (Å²) < 4.78 is 5.64. The van der Waals surface area contributed by atoms with E-state index < -0.39 is 0 Å². The summed E-state index contributed by atoms with van der Waals surface area (Å²) in [6, 6.07) is 15.6. The molecule has 0 bridgehead atoms. The van der Waals surface area contributed by atoms with Gasteiger partial charge in [-0.05, 0) is 55.7 Å². The van der Waals surface area contributed by atoms with Gasteiger partial charge in [-0.1, -0.05) is 29.8 Å². The monoisotopic (exact) mass is 329 g/mol. The van der Waals surface area contributed by atoms with Gasteiger partial charge in [0, 0.05) is 23.2 Å². The zero-order valence-electron chi connectivity index (χ0n) is 13.2. The van der Waals surface area contributed by atoms with Crippen LogP contribution in [0.1, 0.15) is 25.3 Å². The predicted octanol–water partition coefficient (Wildman–Crippen LogP) is 4.48. The Bertz CT molecular complexity index is 684. The van der Waals surface area contributed by atoms with Crippen LogP contribution in [0.5, 0.6) is 5.75 Å². The predicted molar refractivity (Wildman–Crippen MR) is 93.3 cm³/mol. The number of ether oxygens (including phenoxy) is 1. The van der Waals surface area contributed by atoms with Crippen LogP contribution in [-0.4, -0.2) is 18.6 Å². The molecule has 1 heterocycles. The van der Waals surface area contributed by atoms with E-state index in [1.165, 1.54) is 5.56 Å². The van der Waals surface area contributed by atoms with Crippen molar-refractivity contribution < 1.29 is 9.53 Å². The summed E-state index contributed by atoms with van der Waals surface area (Å²) in [5.41, 5.74) is 2.31. The fourth-order valence-electron chi connectivity index (χ4n) is 3.01. The third kappa shape index (κ3) is 3.67. The molecule has 0 N–H and O–H groups in total. The van der Waals surface area contributed by atoms with Crippen LogP contribution in [0.3, 0.4) is 0 Å². The molecule has 2 aromatic carbocycles. The van der Waals surface area contributed by atoms with Gasteiger partial charge in [0.05, 0.1) is 6.61 Å². The highest BCUT2D eigenvalue weighted by Gasteiger charge is 2.29. The third-order valence-electron chi connectivity index (χ3n) is 4.09. The average Bonchev–Trinajstić information content (AvgIpc) is 2.89. The molecule has 23 heavy (non-hydrogen) atoms. The zero-order chi connectivity index (χ0) is 16.2. The van der Waals surface area contributed by atoms with Gasteiger partial charge in [-0.25, -0.2) is 0 Å². The van der Waals surface area contributed by atoms with Crippen LogP contribution < -0.4 is 9.64 Å². The first-order valence-corrected chi connectivity index (χ1v) is 8.31. The first kappa shape index (κ1) is 15.9. The molecular weight excluding hydrogens is 310 g/mol. The van der Waals surface area contributed by atoms with Gasteiger partial charge in [0.1, 0.15) is 5.75 Å². The summed E-state index contributed by atoms with van der Waals surface area (Å²) in [4.78, 5) is 14.5. The van der Waals surface area contributed by atoms with E-state index in [1.807, 2.05) is 35.2 Å². The molecule has 1 aliphatic rings. The summed E-state index contributed by atoms with van der Waals surface area (Å²) in [6.07, 6.45) is 2.13. The Morgan fingerprint density at radius 3 is 2.74 bits per heavy atom. The van der Waals surface area contributed by atoms with Crippen molar-refractivity contribution in [1.82, 2.24) is 0 Å². The van der Waals surface area contributed by atoms with Crippen LogP contribution in [0, 0.1) is 0 Å². The first-order chi connectivity index (χ1) is 11.1.